The number of pyridine rings is 1. The Hall–Kier alpha value is -2.51. The molecule has 0 aliphatic heterocycles. The van der Waals surface area contributed by atoms with Gasteiger partial charge < -0.3 is 14.6 Å². The number of anilines is 1. The molecule has 0 spiro atoms. The van der Waals surface area contributed by atoms with Gasteiger partial charge in [0.15, 0.2) is 0 Å². The zero-order valence-corrected chi connectivity index (χ0v) is 18.2. The number of thioether (sulfide) groups is 1. The van der Waals surface area contributed by atoms with Crippen molar-refractivity contribution in [1.82, 2.24) is 10.1 Å². The van der Waals surface area contributed by atoms with Gasteiger partial charge >= 0.3 is 0 Å². The smallest absolute Gasteiger partial charge is 0.258 e. The molecule has 1 aromatic carbocycles. The molecule has 0 saturated carbocycles. The lowest BCUT2D eigenvalue weighted by molar-refractivity contribution is 0.102. The molecule has 152 valence electrons. The van der Waals surface area contributed by atoms with E-state index in [1.165, 1.54) is 11.8 Å². The van der Waals surface area contributed by atoms with Gasteiger partial charge in [-0.05, 0) is 58.0 Å². The van der Waals surface area contributed by atoms with Gasteiger partial charge in [0.2, 0.25) is 0 Å². The lowest BCUT2D eigenvalue weighted by atomic mass is 10.2. The molecule has 3 aromatic rings. The summed E-state index contributed by atoms with van der Waals surface area (Å²) in [6, 6.07) is 8.66. The fourth-order valence-corrected chi connectivity index (χ4v) is 4.02. The lowest BCUT2D eigenvalue weighted by Crippen LogP contribution is -2.14. The average molecular weight is 432 g/mol. The summed E-state index contributed by atoms with van der Waals surface area (Å²) in [7, 11) is 0. The van der Waals surface area contributed by atoms with E-state index in [0.29, 0.717) is 32.8 Å². The van der Waals surface area contributed by atoms with Crippen LogP contribution in [-0.2, 0) is 5.75 Å². The molecule has 2 aromatic heterocycles. The molecular formula is C21H22ClN3O3S. The molecule has 0 bridgehead atoms. The van der Waals surface area contributed by atoms with E-state index in [4.69, 9.17) is 20.9 Å². The highest BCUT2D eigenvalue weighted by atomic mass is 35.5. The summed E-state index contributed by atoms with van der Waals surface area (Å²) in [6.45, 7) is 7.62. The number of hydrogen-bond donors (Lipinski definition) is 1. The van der Waals surface area contributed by atoms with Crippen molar-refractivity contribution in [2.45, 2.75) is 44.6 Å². The molecule has 0 unspecified atom stereocenters. The number of rotatable bonds is 7. The van der Waals surface area contributed by atoms with Crippen LogP contribution in [0.3, 0.4) is 0 Å². The second-order valence-corrected chi connectivity index (χ2v) is 8.08. The molecule has 2 heterocycles. The third-order valence-corrected chi connectivity index (χ3v) is 5.43. The van der Waals surface area contributed by atoms with Gasteiger partial charge in [0.05, 0.1) is 22.4 Å². The topological polar surface area (TPSA) is 77.2 Å². The second kappa shape index (κ2) is 9.33. The SMILES string of the molecule is Cc1noc(C)c1CSc1ncccc1C(=O)Nc1ccc(OC(C)C)c(Cl)c1. The zero-order valence-electron chi connectivity index (χ0n) is 16.7. The van der Waals surface area contributed by atoms with Crippen molar-refractivity contribution in [3.8, 4) is 5.75 Å². The van der Waals surface area contributed by atoms with Crippen molar-refractivity contribution in [3.05, 3.63) is 64.1 Å². The van der Waals surface area contributed by atoms with Crippen molar-refractivity contribution < 1.29 is 14.1 Å². The molecule has 0 aliphatic carbocycles. The first kappa shape index (κ1) is 21.2. The maximum atomic E-state index is 12.8. The van der Waals surface area contributed by atoms with E-state index in [1.54, 1.807) is 36.5 Å². The summed E-state index contributed by atoms with van der Waals surface area (Å²) in [5, 5.41) is 7.91. The number of aryl methyl sites for hydroxylation is 2. The quantitative estimate of drug-likeness (QED) is 0.485. The molecule has 6 nitrogen and oxygen atoms in total. The van der Waals surface area contributed by atoms with Crippen molar-refractivity contribution in [2.24, 2.45) is 0 Å². The number of nitrogens with zero attached hydrogens (tertiary/aromatic N) is 2. The number of hydrogen-bond acceptors (Lipinski definition) is 6. The number of carbonyl (C=O) groups excluding carboxylic acids is 1. The van der Waals surface area contributed by atoms with Crippen LogP contribution >= 0.6 is 23.4 Å². The summed E-state index contributed by atoms with van der Waals surface area (Å²) in [4.78, 5) is 17.2. The third-order valence-electron chi connectivity index (χ3n) is 4.10. The fraction of sp³-hybridized carbons (Fsp3) is 0.286. The van der Waals surface area contributed by atoms with Crippen LogP contribution in [0.2, 0.25) is 5.02 Å². The Morgan fingerprint density at radius 1 is 1.31 bits per heavy atom. The zero-order chi connectivity index (χ0) is 21.0. The Labute approximate surface area is 179 Å². The Kier molecular flexibility index (Phi) is 6.82. The van der Waals surface area contributed by atoms with E-state index in [-0.39, 0.29) is 12.0 Å². The molecule has 0 radical (unpaired) electrons. The van der Waals surface area contributed by atoms with Crippen molar-refractivity contribution in [2.75, 3.05) is 5.32 Å². The number of halogens is 1. The van der Waals surface area contributed by atoms with Crippen LogP contribution < -0.4 is 10.1 Å². The number of ether oxygens (including phenoxy) is 1. The Morgan fingerprint density at radius 3 is 2.76 bits per heavy atom. The number of nitrogens with one attached hydrogen (secondary N) is 1. The van der Waals surface area contributed by atoms with E-state index in [9.17, 15) is 4.79 Å². The Morgan fingerprint density at radius 2 is 2.10 bits per heavy atom. The normalized spacial score (nSPS) is 11.0. The fourth-order valence-electron chi connectivity index (χ4n) is 2.65. The van der Waals surface area contributed by atoms with Crippen molar-refractivity contribution >= 4 is 35.0 Å². The molecule has 3 rings (SSSR count). The molecule has 0 aliphatic rings. The standard InChI is InChI=1S/C21H22ClN3O3S/c1-12(2)27-19-8-7-15(10-18(19)22)24-20(26)16-6-5-9-23-21(16)29-11-17-13(3)25-28-14(17)4/h5-10,12H,11H2,1-4H3,(H,24,26). The van der Waals surface area contributed by atoms with Gasteiger partial charge in [0.25, 0.3) is 5.91 Å². The summed E-state index contributed by atoms with van der Waals surface area (Å²) < 4.78 is 10.8. The number of amides is 1. The van der Waals surface area contributed by atoms with E-state index in [1.807, 2.05) is 27.7 Å². The predicted octanol–water partition coefficient (Wildman–Crippen LogP) is 5.67. The molecule has 8 heteroatoms. The number of carbonyl (C=O) groups is 1. The van der Waals surface area contributed by atoms with Crippen LogP contribution in [0.25, 0.3) is 0 Å². The molecule has 0 saturated heterocycles. The van der Waals surface area contributed by atoms with Gasteiger partial charge in [-0.2, -0.15) is 0 Å². The van der Waals surface area contributed by atoms with E-state index < -0.39 is 0 Å². The van der Waals surface area contributed by atoms with Crippen LogP contribution in [0.5, 0.6) is 5.75 Å². The highest BCUT2D eigenvalue weighted by Crippen LogP contribution is 2.30. The molecule has 0 fully saturated rings. The first-order valence-corrected chi connectivity index (χ1v) is 10.5. The minimum atomic E-state index is -0.257. The Balaban J connectivity index is 1.74. The number of benzene rings is 1. The van der Waals surface area contributed by atoms with Crippen LogP contribution in [0, 0.1) is 13.8 Å². The molecule has 1 N–H and O–H groups in total. The predicted molar refractivity (Wildman–Crippen MR) is 115 cm³/mol. The first-order valence-electron chi connectivity index (χ1n) is 9.12. The van der Waals surface area contributed by atoms with Crippen molar-refractivity contribution in [1.29, 1.82) is 0 Å². The van der Waals surface area contributed by atoms with E-state index in [2.05, 4.69) is 15.5 Å². The van der Waals surface area contributed by atoms with Gasteiger partial charge in [0, 0.05) is 23.2 Å². The summed E-state index contributed by atoms with van der Waals surface area (Å²) in [5.41, 5.74) is 2.93. The average Bonchev–Trinajstić information content (AvgIpc) is 3.00. The largest absolute Gasteiger partial charge is 0.489 e. The minimum Gasteiger partial charge on any atom is -0.489 e. The minimum absolute atomic E-state index is 0.0145. The van der Waals surface area contributed by atoms with E-state index >= 15 is 0 Å². The maximum Gasteiger partial charge on any atom is 0.258 e. The highest BCUT2D eigenvalue weighted by molar-refractivity contribution is 7.98. The van der Waals surface area contributed by atoms with Gasteiger partial charge in [0.1, 0.15) is 16.5 Å². The molecule has 0 atom stereocenters. The van der Waals surface area contributed by atoms with Gasteiger partial charge in [-0.3, -0.25) is 4.79 Å². The van der Waals surface area contributed by atoms with E-state index in [0.717, 1.165) is 17.0 Å². The van der Waals surface area contributed by atoms with Crippen molar-refractivity contribution in [3.63, 3.8) is 0 Å². The van der Waals surface area contributed by atoms with Gasteiger partial charge in [-0.1, -0.05) is 16.8 Å². The first-order chi connectivity index (χ1) is 13.8. The van der Waals surface area contributed by atoms with Crippen LogP contribution in [0.4, 0.5) is 5.69 Å². The highest BCUT2D eigenvalue weighted by Gasteiger charge is 2.16. The summed E-state index contributed by atoms with van der Waals surface area (Å²) in [5.74, 6) is 1.71. The maximum absolute atomic E-state index is 12.8. The molecule has 29 heavy (non-hydrogen) atoms. The lowest BCUT2D eigenvalue weighted by Gasteiger charge is -2.13. The summed E-state index contributed by atoms with van der Waals surface area (Å²) >= 11 is 7.73. The second-order valence-electron chi connectivity index (χ2n) is 6.71. The summed E-state index contributed by atoms with van der Waals surface area (Å²) in [6.07, 6.45) is 1.68. The van der Waals surface area contributed by atoms with Gasteiger partial charge in [-0.25, -0.2) is 4.98 Å². The third kappa shape index (κ3) is 5.31. The molecule has 1 amide bonds. The Bertz CT molecular complexity index is 1000. The van der Waals surface area contributed by atoms with Crippen LogP contribution in [-0.4, -0.2) is 22.2 Å². The monoisotopic (exact) mass is 431 g/mol. The molecular weight excluding hydrogens is 410 g/mol. The van der Waals surface area contributed by atoms with Gasteiger partial charge in [-0.15, -0.1) is 11.8 Å². The van der Waals surface area contributed by atoms with Crippen LogP contribution in [0.15, 0.2) is 46.1 Å². The number of aromatic nitrogens is 2. The van der Waals surface area contributed by atoms with Crippen LogP contribution in [0.1, 0.15) is 41.2 Å².